The number of hydrogen-bond donors (Lipinski definition) is 1. The Hall–Kier alpha value is -3.42. The largest absolute Gasteiger partial charge is 0.384 e. The smallest absolute Gasteiger partial charge is 0.104 e. The maximum atomic E-state index is 11.2. The van der Waals surface area contributed by atoms with Gasteiger partial charge in [-0.1, -0.05) is 109 Å². The molecule has 4 aromatic carbocycles. The molecule has 1 aliphatic carbocycles. The van der Waals surface area contributed by atoms with Crippen molar-refractivity contribution in [3.05, 3.63) is 143 Å². The summed E-state index contributed by atoms with van der Waals surface area (Å²) in [7, 11) is 0. The Labute approximate surface area is 171 Å². The van der Waals surface area contributed by atoms with Gasteiger partial charge in [0.1, 0.15) is 6.10 Å². The van der Waals surface area contributed by atoms with Crippen molar-refractivity contribution in [2.24, 2.45) is 0 Å². The molecule has 5 rings (SSSR count). The Morgan fingerprint density at radius 2 is 1.17 bits per heavy atom. The summed E-state index contributed by atoms with van der Waals surface area (Å²) in [4.78, 5) is 0. The van der Waals surface area contributed by atoms with Crippen molar-refractivity contribution in [2.45, 2.75) is 12.0 Å². The summed E-state index contributed by atoms with van der Waals surface area (Å²) in [5.41, 5.74) is 8.07. The Morgan fingerprint density at radius 3 is 1.93 bits per heavy atom. The fourth-order valence-electron chi connectivity index (χ4n) is 4.38. The molecule has 0 saturated carbocycles. The van der Waals surface area contributed by atoms with Crippen molar-refractivity contribution in [2.75, 3.05) is 0 Å². The van der Waals surface area contributed by atoms with E-state index in [-0.39, 0.29) is 5.92 Å². The van der Waals surface area contributed by atoms with Crippen molar-refractivity contribution >= 4 is 11.6 Å². The molecule has 0 spiro atoms. The molecule has 0 bridgehead atoms. The van der Waals surface area contributed by atoms with Crippen molar-refractivity contribution in [1.29, 1.82) is 0 Å². The molecule has 1 heteroatoms. The van der Waals surface area contributed by atoms with E-state index in [9.17, 15) is 5.11 Å². The lowest BCUT2D eigenvalue weighted by molar-refractivity contribution is 0.219. The van der Waals surface area contributed by atoms with Crippen LogP contribution in [-0.4, -0.2) is 5.11 Å². The maximum absolute atomic E-state index is 11.2. The van der Waals surface area contributed by atoms with E-state index in [4.69, 9.17) is 0 Å². The van der Waals surface area contributed by atoms with Crippen molar-refractivity contribution in [1.82, 2.24) is 0 Å². The van der Waals surface area contributed by atoms with Crippen LogP contribution in [0.25, 0.3) is 11.6 Å². The number of rotatable bonds is 4. The van der Waals surface area contributed by atoms with Gasteiger partial charge in [0.05, 0.1) is 0 Å². The van der Waals surface area contributed by atoms with Crippen LogP contribution in [0.15, 0.2) is 109 Å². The van der Waals surface area contributed by atoms with Gasteiger partial charge in [0, 0.05) is 5.92 Å². The first-order valence-electron chi connectivity index (χ1n) is 10.0. The normalized spacial score (nSPS) is 16.2. The van der Waals surface area contributed by atoms with Crippen LogP contribution < -0.4 is 0 Å². The summed E-state index contributed by atoms with van der Waals surface area (Å²) < 4.78 is 0. The first kappa shape index (κ1) is 17.7. The van der Waals surface area contributed by atoms with E-state index in [1.807, 2.05) is 42.5 Å². The molecule has 1 N–H and O–H groups in total. The highest BCUT2D eigenvalue weighted by Gasteiger charge is 2.30. The molecule has 140 valence electrons. The number of fused-ring (bicyclic) bond motifs is 1. The number of aliphatic hydroxyl groups is 1. The molecule has 1 aliphatic rings. The zero-order chi connectivity index (χ0) is 19.6. The predicted molar refractivity (Wildman–Crippen MR) is 120 cm³/mol. The van der Waals surface area contributed by atoms with Gasteiger partial charge in [-0.05, 0) is 45.0 Å². The molecule has 2 unspecified atom stereocenters. The Bertz CT molecular complexity index is 1160. The van der Waals surface area contributed by atoms with Crippen LogP contribution in [0, 0.1) is 0 Å². The van der Waals surface area contributed by atoms with Crippen LogP contribution >= 0.6 is 0 Å². The van der Waals surface area contributed by atoms with E-state index in [1.165, 1.54) is 22.3 Å². The zero-order valence-corrected chi connectivity index (χ0v) is 16.1. The third kappa shape index (κ3) is 3.20. The molecule has 4 aromatic rings. The van der Waals surface area contributed by atoms with Crippen LogP contribution in [-0.2, 0) is 0 Å². The average Bonchev–Trinajstić information content (AvgIpc) is 3.19. The average molecular weight is 374 g/mol. The number of hydrogen-bond acceptors (Lipinski definition) is 1. The van der Waals surface area contributed by atoms with Crippen LogP contribution in [0.3, 0.4) is 0 Å². The van der Waals surface area contributed by atoms with E-state index < -0.39 is 6.10 Å². The lowest BCUT2D eigenvalue weighted by Crippen LogP contribution is -2.09. The summed E-state index contributed by atoms with van der Waals surface area (Å²) in [6, 6.07) is 37.3. The van der Waals surface area contributed by atoms with Gasteiger partial charge in [0.15, 0.2) is 0 Å². The number of benzene rings is 4. The zero-order valence-electron chi connectivity index (χ0n) is 16.1. The van der Waals surface area contributed by atoms with Crippen LogP contribution in [0.4, 0.5) is 0 Å². The molecule has 29 heavy (non-hydrogen) atoms. The van der Waals surface area contributed by atoms with Crippen LogP contribution in [0.2, 0.25) is 0 Å². The standard InChI is InChI=1S/C28H22O/c29-28(21-13-5-2-6-14-21)25-18-10-9-17-24(25)27-23-16-8-7-15-22(23)19-26(27)20-11-3-1-4-12-20/h1-19,27-29H. The molecule has 0 heterocycles. The van der Waals surface area contributed by atoms with Crippen molar-refractivity contribution < 1.29 is 5.11 Å². The van der Waals surface area contributed by atoms with E-state index in [2.05, 4.69) is 72.8 Å². The van der Waals surface area contributed by atoms with Gasteiger partial charge in [-0.2, -0.15) is 0 Å². The molecule has 0 aromatic heterocycles. The molecule has 0 fully saturated rings. The van der Waals surface area contributed by atoms with E-state index in [1.54, 1.807) is 0 Å². The van der Waals surface area contributed by atoms with Crippen molar-refractivity contribution in [3.63, 3.8) is 0 Å². The van der Waals surface area contributed by atoms with Gasteiger partial charge in [0.25, 0.3) is 0 Å². The summed E-state index contributed by atoms with van der Waals surface area (Å²) in [6.07, 6.45) is 1.64. The topological polar surface area (TPSA) is 20.2 Å². The molecular formula is C28H22O. The SMILES string of the molecule is OC(c1ccccc1)c1ccccc1C1C(c2ccccc2)=Cc2ccccc21. The highest BCUT2D eigenvalue weighted by atomic mass is 16.3. The molecule has 0 saturated heterocycles. The lowest BCUT2D eigenvalue weighted by Gasteiger charge is -2.24. The second-order valence-corrected chi connectivity index (χ2v) is 7.47. The fraction of sp³-hybridized carbons (Fsp3) is 0.0714. The van der Waals surface area contributed by atoms with Crippen LogP contribution in [0.5, 0.6) is 0 Å². The second kappa shape index (κ2) is 7.54. The summed E-state index contributed by atoms with van der Waals surface area (Å²) in [6.45, 7) is 0. The second-order valence-electron chi connectivity index (χ2n) is 7.47. The van der Waals surface area contributed by atoms with E-state index >= 15 is 0 Å². The highest BCUT2D eigenvalue weighted by Crippen LogP contribution is 2.47. The van der Waals surface area contributed by atoms with Crippen LogP contribution in [0.1, 0.15) is 45.4 Å². The Kier molecular flexibility index (Phi) is 4.59. The maximum Gasteiger partial charge on any atom is 0.104 e. The number of aliphatic hydroxyl groups excluding tert-OH is 1. The Morgan fingerprint density at radius 1 is 0.586 bits per heavy atom. The minimum atomic E-state index is -0.655. The molecule has 1 nitrogen and oxygen atoms in total. The molecule has 0 amide bonds. The minimum absolute atomic E-state index is 0.100. The van der Waals surface area contributed by atoms with E-state index in [0.29, 0.717) is 0 Å². The molecule has 2 atom stereocenters. The monoisotopic (exact) mass is 374 g/mol. The fourth-order valence-corrected chi connectivity index (χ4v) is 4.38. The van der Waals surface area contributed by atoms with Gasteiger partial charge < -0.3 is 5.11 Å². The molecule has 0 radical (unpaired) electrons. The van der Waals surface area contributed by atoms with Gasteiger partial charge in [0.2, 0.25) is 0 Å². The predicted octanol–water partition coefficient (Wildman–Crippen LogP) is 6.45. The quantitative estimate of drug-likeness (QED) is 0.435. The molecular weight excluding hydrogens is 352 g/mol. The minimum Gasteiger partial charge on any atom is -0.384 e. The van der Waals surface area contributed by atoms with Gasteiger partial charge in [-0.25, -0.2) is 0 Å². The third-order valence-electron chi connectivity index (χ3n) is 5.75. The molecule has 0 aliphatic heterocycles. The van der Waals surface area contributed by atoms with Gasteiger partial charge in [-0.15, -0.1) is 0 Å². The third-order valence-corrected chi connectivity index (χ3v) is 5.75. The van der Waals surface area contributed by atoms with Gasteiger partial charge >= 0.3 is 0 Å². The first-order chi connectivity index (χ1) is 14.3. The lowest BCUT2D eigenvalue weighted by atomic mass is 9.81. The number of allylic oxidation sites excluding steroid dienone is 1. The summed E-state index contributed by atoms with van der Waals surface area (Å²) in [5.74, 6) is 0.100. The summed E-state index contributed by atoms with van der Waals surface area (Å²) in [5, 5.41) is 11.2. The summed E-state index contributed by atoms with van der Waals surface area (Å²) >= 11 is 0. The van der Waals surface area contributed by atoms with Gasteiger partial charge in [-0.3, -0.25) is 0 Å². The van der Waals surface area contributed by atoms with Crippen molar-refractivity contribution in [3.8, 4) is 0 Å². The Balaban J connectivity index is 1.67. The van der Waals surface area contributed by atoms with E-state index in [0.717, 1.165) is 16.7 Å². The highest BCUT2D eigenvalue weighted by molar-refractivity contribution is 5.93. The first-order valence-corrected chi connectivity index (χ1v) is 10.0.